The smallest absolute Gasteiger partial charge is 0.280 e. The molecule has 3 unspecified atom stereocenters. The number of carbonyl (C=O) groups excluding carboxylic acids is 2. The molecule has 2 amide bonds. The van der Waals surface area contributed by atoms with Crippen LogP contribution in [-0.2, 0) is 0 Å². The summed E-state index contributed by atoms with van der Waals surface area (Å²) in [5.74, 6) is -1.65. The van der Waals surface area contributed by atoms with Crippen molar-refractivity contribution in [2.75, 3.05) is 5.43 Å². The van der Waals surface area contributed by atoms with Gasteiger partial charge >= 0.3 is 0 Å². The average molecular weight is 429 g/mol. The molecule has 7 N–H and O–H groups in total. The van der Waals surface area contributed by atoms with Crippen LogP contribution in [0.5, 0.6) is 0 Å². The van der Waals surface area contributed by atoms with E-state index in [0.29, 0.717) is 15.8 Å². The number of hydrogen-bond acceptors (Lipinski definition) is 9. The zero-order valence-electron chi connectivity index (χ0n) is 15.4. The lowest BCUT2D eigenvalue weighted by molar-refractivity contribution is -0.996. The molecule has 3 aromatic rings. The first kappa shape index (κ1) is 20.8. The van der Waals surface area contributed by atoms with Crippen molar-refractivity contribution < 1.29 is 40.9 Å². The number of amides is 2. The Labute approximate surface area is 172 Å². The maximum absolute atomic E-state index is 13.1. The Morgan fingerprint density at radius 1 is 0.774 bits per heavy atom. The summed E-state index contributed by atoms with van der Waals surface area (Å²) >= 11 is 0. The fourth-order valence-electron chi connectivity index (χ4n) is 3.41. The van der Waals surface area contributed by atoms with Gasteiger partial charge < -0.3 is 15.6 Å². The lowest BCUT2D eigenvalue weighted by atomic mass is 9.94. The average Bonchev–Trinajstić information content (AvgIpc) is 2.74. The van der Waals surface area contributed by atoms with E-state index in [1.165, 1.54) is 18.2 Å². The molecule has 3 atom stereocenters. The van der Waals surface area contributed by atoms with Crippen molar-refractivity contribution in [2.45, 2.75) is 0 Å². The number of hydrazine groups is 1. The highest BCUT2D eigenvalue weighted by molar-refractivity contribution is 6.26. The highest BCUT2D eigenvalue weighted by atomic mass is 16.8. The Morgan fingerprint density at radius 2 is 1.45 bits per heavy atom. The summed E-state index contributed by atoms with van der Waals surface area (Å²) < 4.78 is 0. The number of imide groups is 1. The molecule has 0 saturated heterocycles. The number of hydrogen-bond donors (Lipinski definition) is 7. The summed E-state index contributed by atoms with van der Waals surface area (Å²) in [4.78, 5) is 26.0. The van der Waals surface area contributed by atoms with E-state index in [2.05, 4.69) is 5.43 Å². The van der Waals surface area contributed by atoms with E-state index in [1.807, 2.05) is 0 Å². The van der Waals surface area contributed by atoms with Gasteiger partial charge in [0.1, 0.15) is 5.69 Å². The molecule has 1 heterocycles. The van der Waals surface area contributed by atoms with Crippen LogP contribution in [0.2, 0.25) is 0 Å². The summed E-state index contributed by atoms with van der Waals surface area (Å²) in [6.45, 7) is 0. The molecule has 0 bridgehead atoms. The molecule has 31 heavy (non-hydrogen) atoms. The molecule has 0 radical (unpaired) electrons. The molecular weight excluding hydrogens is 414 g/mol. The minimum absolute atomic E-state index is 0.0448. The molecular formula is C18H15N5O8. The van der Waals surface area contributed by atoms with E-state index in [1.54, 1.807) is 6.07 Å². The van der Waals surface area contributed by atoms with Crippen molar-refractivity contribution in [2.24, 2.45) is 0 Å². The molecule has 3 aromatic carbocycles. The number of benzene rings is 3. The second-order valence-electron chi connectivity index (χ2n) is 6.66. The molecule has 4 rings (SSSR count). The first-order valence-corrected chi connectivity index (χ1v) is 8.75. The Bertz CT molecular complexity index is 1210. The first-order valence-electron chi connectivity index (χ1n) is 8.75. The lowest BCUT2D eigenvalue weighted by Crippen LogP contribution is -3.00. The number of nitrogens with one attached hydrogen (secondary N) is 4. The number of rotatable bonds is 5. The van der Waals surface area contributed by atoms with Gasteiger partial charge in [0.15, 0.2) is 17.1 Å². The van der Waals surface area contributed by atoms with Crippen molar-refractivity contribution in [1.82, 2.24) is 5.01 Å². The molecule has 0 aliphatic carbocycles. The van der Waals surface area contributed by atoms with Gasteiger partial charge in [-0.15, -0.1) is 0 Å². The van der Waals surface area contributed by atoms with E-state index in [4.69, 9.17) is 5.21 Å². The predicted octanol–water partition coefficient (Wildman–Crippen LogP) is -1.33. The zero-order valence-corrected chi connectivity index (χ0v) is 15.4. The summed E-state index contributed by atoms with van der Waals surface area (Å²) in [6, 6.07) is 10.2. The number of carbonyl (C=O) groups is 2. The quantitative estimate of drug-likeness (QED) is 0.190. The summed E-state index contributed by atoms with van der Waals surface area (Å²) in [7, 11) is 0. The van der Waals surface area contributed by atoms with E-state index in [0.717, 1.165) is 24.3 Å². The summed E-state index contributed by atoms with van der Waals surface area (Å²) in [6.07, 6.45) is 0. The molecule has 13 nitrogen and oxygen atoms in total. The van der Waals surface area contributed by atoms with Crippen LogP contribution in [0.25, 0.3) is 10.8 Å². The van der Waals surface area contributed by atoms with Crippen molar-refractivity contribution in [3.05, 3.63) is 75.3 Å². The van der Waals surface area contributed by atoms with Gasteiger partial charge in [0.25, 0.3) is 11.8 Å². The minimum atomic E-state index is -1.47. The van der Waals surface area contributed by atoms with Crippen LogP contribution in [0.4, 0.5) is 22.7 Å². The number of nitrogens with zero attached hydrogens (tertiary/aromatic N) is 1. The number of quaternary nitrogens is 3. The fourth-order valence-corrected chi connectivity index (χ4v) is 3.41. The molecule has 1 aliphatic heterocycles. The summed E-state index contributed by atoms with van der Waals surface area (Å²) in [5.41, 5.74) is 1.41. The van der Waals surface area contributed by atoms with E-state index in [-0.39, 0.29) is 28.2 Å². The molecule has 160 valence electrons. The molecule has 1 aliphatic rings. The standard InChI is InChI=1S/C18H15N5O8/c24-17-12-3-1-2-9-6-11(22(28)29)7-13(16(9)12)18(25)20(17)19-14-5-4-10(21(26)27)8-15(14)23(30)31/h1-8,19,21-23,26,28,30H. The molecule has 0 aromatic heterocycles. The SMILES string of the molecule is O=C1c2cccc3cc([NH+]([O-])O)cc(c23)C(=O)N1Nc1ccc([NH+]([O-])O)cc1[NH+]([O-])O. The third-order valence-corrected chi connectivity index (χ3v) is 4.82. The van der Waals surface area contributed by atoms with Crippen LogP contribution in [0.15, 0.2) is 48.5 Å². The minimum Gasteiger partial charge on any atom is -0.595 e. The lowest BCUT2D eigenvalue weighted by Gasteiger charge is -2.29. The largest absolute Gasteiger partial charge is 0.595 e. The van der Waals surface area contributed by atoms with E-state index < -0.39 is 33.2 Å². The van der Waals surface area contributed by atoms with Gasteiger partial charge in [-0.1, -0.05) is 12.1 Å². The monoisotopic (exact) mass is 429 g/mol. The maximum atomic E-state index is 13.1. The molecule has 13 heteroatoms. The third kappa shape index (κ3) is 3.49. The van der Waals surface area contributed by atoms with Crippen LogP contribution < -0.4 is 21.1 Å². The van der Waals surface area contributed by atoms with Crippen LogP contribution in [0, 0.1) is 15.6 Å². The van der Waals surface area contributed by atoms with Crippen molar-refractivity contribution in [3.8, 4) is 0 Å². The van der Waals surface area contributed by atoms with Crippen LogP contribution >= 0.6 is 0 Å². The van der Waals surface area contributed by atoms with E-state index in [9.17, 15) is 35.6 Å². The fraction of sp³-hybridized carbons (Fsp3) is 0. The van der Waals surface area contributed by atoms with Gasteiger partial charge in [0.2, 0.25) is 0 Å². The maximum Gasteiger partial charge on any atom is 0.280 e. The highest BCUT2D eigenvalue weighted by Gasteiger charge is 2.35. The summed E-state index contributed by atoms with van der Waals surface area (Å²) in [5, 5.41) is 59.2. The van der Waals surface area contributed by atoms with Gasteiger partial charge in [-0.05, 0) is 17.5 Å². The second kappa shape index (κ2) is 7.64. The van der Waals surface area contributed by atoms with E-state index >= 15 is 0 Å². The molecule has 0 saturated carbocycles. The van der Waals surface area contributed by atoms with Crippen molar-refractivity contribution >= 4 is 45.3 Å². The van der Waals surface area contributed by atoms with Gasteiger partial charge in [-0.2, -0.15) is 20.7 Å². The first-order chi connectivity index (χ1) is 14.7. The third-order valence-electron chi connectivity index (χ3n) is 4.82. The topological polar surface area (TPSA) is 193 Å². The molecule has 0 fully saturated rings. The predicted molar refractivity (Wildman–Crippen MR) is 102 cm³/mol. The van der Waals surface area contributed by atoms with Crippen molar-refractivity contribution in [1.29, 1.82) is 0 Å². The Morgan fingerprint density at radius 3 is 2.10 bits per heavy atom. The van der Waals surface area contributed by atoms with Crippen LogP contribution in [0.1, 0.15) is 20.7 Å². The molecule has 0 spiro atoms. The Kier molecular flexibility index (Phi) is 5.11. The van der Waals surface area contributed by atoms with Gasteiger partial charge in [0.05, 0.1) is 17.2 Å². The zero-order chi connectivity index (χ0) is 22.4. The number of anilines is 1. The van der Waals surface area contributed by atoms with Crippen molar-refractivity contribution in [3.63, 3.8) is 0 Å². The Balaban J connectivity index is 1.81. The van der Waals surface area contributed by atoms with Gasteiger partial charge in [-0.25, -0.2) is 15.6 Å². The second-order valence-corrected chi connectivity index (χ2v) is 6.66. The normalized spacial score (nSPS) is 16.4. The van der Waals surface area contributed by atoms with Crippen LogP contribution in [-0.4, -0.2) is 32.4 Å². The Hall–Kier alpha value is -3.50. The van der Waals surface area contributed by atoms with Gasteiger partial charge in [0, 0.05) is 23.6 Å². The van der Waals surface area contributed by atoms with Gasteiger partial charge in [-0.3, -0.25) is 15.0 Å². The highest BCUT2D eigenvalue weighted by Crippen LogP contribution is 2.33. The van der Waals surface area contributed by atoms with Crippen LogP contribution in [0.3, 0.4) is 0 Å².